The van der Waals surface area contributed by atoms with Gasteiger partial charge in [0.05, 0.1) is 0 Å². The van der Waals surface area contributed by atoms with Crippen molar-refractivity contribution < 1.29 is 9.84 Å². The molecule has 0 spiro atoms. The minimum Gasteiger partial charge on any atom is -0.491 e. The number of halogens is 1. The number of piperazine rings is 1. The third kappa shape index (κ3) is 5.11. The van der Waals surface area contributed by atoms with E-state index < -0.39 is 6.10 Å². The molecular weight excluding hydrogens is 336 g/mol. The molecule has 0 amide bonds. The molecular formula is C20H25ClN2O2. The van der Waals surface area contributed by atoms with Crippen LogP contribution in [0.25, 0.3) is 0 Å². The van der Waals surface area contributed by atoms with E-state index in [1.54, 1.807) is 0 Å². The number of para-hydroxylation sites is 1. The Morgan fingerprint density at radius 2 is 1.80 bits per heavy atom. The molecule has 1 atom stereocenters. The van der Waals surface area contributed by atoms with Gasteiger partial charge >= 0.3 is 0 Å². The lowest BCUT2D eigenvalue weighted by molar-refractivity contribution is 0.0663. The van der Waals surface area contributed by atoms with Gasteiger partial charge in [-0.1, -0.05) is 29.8 Å². The van der Waals surface area contributed by atoms with Crippen LogP contribution in [-0.4, -0.2) is 55.4 Å². The molecule has 134 valence electrons. The van der Waals surface area contributed by atoms with Crippen molar-refractivity contribution in [1.29, 1.82) is 0 Å². The van der Waals surface area contributed by atoms with E-state index in [0.717, 1.165) is 42.5 Å². The number of rotatable bonds is 6. The fourth-order valence-electron chi connectivity index (χ4n) is 3.08. The lowest BCUT2D eigenvalue weighted by Crippen LogP contribution is -2.49. The predicted octanol–water partition coefficient (Wildman–Crippen LogP) is 3.21. The van der Waals surface area contributed by atoms with Crippen molar-refractivity contribution in [2.45, 2.75) is 13.0 Å². The summed E-state index contributed by atoms with van der Waals surface area (Å²) < 4.78 is 5.69. The van der Waals surface area contributed by atoms with Gasteiger partial charge in [-0.15, -0.1) is 0 Å². The van der Waals surface area contributed by atoms with Crippen molar-refractivity contribution in [2.75, 3.05) is 44.2 Å². The van der Waals surface area contributed by atoms with Crippen LogP contribution in [0.1, 0.15) is 5.56 Å². The van der Waals surface area contributed by atoms with Gasteiger partial charge in [-0.3, -0.25) is 4.90 Å². The Kier molecular flexibility index (Phi) is 6.19. The van der Waals surface area contributed by atoms with Crippen LogP contribution in [0.4, 0.5) is 5.69 Å². The number of nitrogens with zero attached hydrogens (tertiary/aromatic N) is 2. The van der Waals surface area contributed by atoms with Gasteiger partial charge < -0.3 is 14.7 Å². The van der Waals surface area contributed by atoms with Gasteiger partial charge in [-0.25, -0.2) is 0 Å². The molecule has 0 saturated carbocycles. The highest BCUT2D eigenvalue weighted by Crippen LogP contribution is 2.21. The summed E-state index contributed by atoms with van der Waals surface area (Å²) in [6.45, 7) is 6.73. The molecule has 4 nitrogen and oxygen atoms in total. The van der Waals surface area contributed by atoms with Gasteiger partial charge in [0.2, 0.25) is 0 Å². The summed E-state index contributed by atoms with van der Waals surface area (Å²) in [7, 11) is 0. The molecule has 1 unspecified atom stereocenters. The third-order valence-electron chi connectivity index (χ3n) is 4.53. The first kappa shape index (κ1) is 18.1. The number of benzene rings is 2. The summed E-state index contributed by atoms with van der Waals surface area (Å²) in [6.07, 6.45) is -0.501. The summed E-state index contributed by atoms with van der Waals surface area (Å²) in [5.41, 5.74) is 2.25. The lowest BCUT2D eigenvalue weighted by Gasteiger charge is -2.36. The summed E-state index contributed by atoms with van der Waals surface area (Å²) in [5, 5.41) is 11.0. The minimum atomic E-state index is -0.501. The van der Waals surface area contributed by atoms with Gasteiger partial charge in [0.25, 0.3) is 0 Å². The van der Waals surface area contributed by atoms with E-state index in [2.05, 4.69) is 34.1 Å². The molecule has 0 bridgehead atoms. The average Bonchev–Trinajstić information content (AvgIpc) is 2.64. The van der Waals surface area contributed by atoms with Crippen molar-refractivity contribution in [2.24, 2.45) is 0 Å². The summed E-state index contributed by atoms with van der Waals surface area (Å²) in [5.74, 6) is 0.745. The maximum atomic E-state index is 10.3. The van der Waals surface area contributed by atoms with E-state index in [-0.39, 0.29) is 0 Å². The van der Waals surface area contributed by atoms with Crippen LogP contribution < -0.4 is 9.64 Å². The van der Waals surface area contributed by atoms with Gasteiger partial charge in [-0.2, -0.15) is 0 Å². The number of aliphatic hydroxyl groups is 1. The zero-order valence-corrected chi connectivity index (χ0v) is 15.3. The number of anilines is 1. The zero-order chi connectivity index (χ0) is 17.6. The molecule has 2 aromatic rings. The maximum Gasteiger partial charge on any atom is 0.119 e. The molecule has 3 rings (SSSR count). The molecule has 1 heterocycles. The van der Waals surface area contributed by atoms with Crippen LogP contribution in [0.2, 0.25) is 5.02 Å². The Morgan fingerprint density at radius 3 is 2.48 bits per heavy atom. The fourth-order valence-corrected chi connectivity index (χ4v) is 3.20. The minimum absolute atomic E-state index is 0.292. The topological polar surface area (TPSA) is 35.9 Å². The molecule has 5 heteroatoms. The van der Waals surface area contributed by atoms with E-state index in [9.17, 15) is 5.11 Å². The van der Waals surface area contributed by atoms with Crippen molar-refractivity contribution in [3.63, 3.8) is 0 Å². The molecule has 25 heavy (non-hydrogen) atoms. The number of β-amino-alcohol motifs (C(OH)–C–C–N with tert-alkyl or cyclic N) is 1. The average molecular weight is 361 g/mol. The molecule has 0 aromatic heterocycles. The maximum absolute atomic E-state index is 10.3. The Morgan fingerprint density at radius 1 is 1.08 bits per heavy atom. The molecule has 2 aromatic carbocycles. The second-order valence-electron chi connectivity index (χ2n) is 6.50. The number of aryl methyl sites for hydroxylation is 1. The van der Waals surface area contributed by atoms with E-state index in [4.69, 9.17) is 16.3 Å². The number of ether oxygens (including phenoxy) is 1. The second-order valence-corrected chi connectivity index (χ2v) is 6.91. The number of hydrogen-bond acceptors (Lipinski definition) is 4. The van der Waals surface area contributed by atoms with Crippen molar-refractivity contribution in [3.8, 4) is 5.75 Å². The molecule has 0 radical (unpaired) electrons. The second kappa shape index (κ2) is 8.56. The molecule has 1 fully saturated rings. The molecule has 0 aliphatic carbocycles. The van der Waals surface area contributed by atoms with Crippen LogP contribution in [0, 0.1) is 6.92 Å². The first-order valence-corrected chi connectivity index (χ1v) is 9.09. The smallest absolute Gasteiger partial charge is 0.119 e. The van der Waals surface area contributed by atoms with Gasteiger partial charge in [0.1, 0.15) is 18.5 Å². The lowest BCUT2D eigenvalue weighted by atomic mass is 10.2. The van der Waals surface area contributed by atoms with E-state index in [0.29, 0.717) is 13.2 Å². The standard InChI is InChI=1S/C20H25ClN2O2/c1-16-13-19(7-8-20(16)21)25-15-18(24)14-22-9-11-23(12-10-22)17-5-3-2-4-6-17/h2-8,13,18,24H,9-12,14-15H2,1H3. The fraction of sp³-hybridized carbons (Fsp3) is 0.400. The highest BCUT2D eigenvalue weighted by Gasteiger charge is 2.19. The van der Waals surface area contributed by atoms with Crippen LogP contribution in [0.5, 0.6) is 5.75 Å². The summed E-state index contributed by atoms with van der Waals surface area (Å²) >= 11 is 6.01. The van der Waals surface area contributed by atoms with Crippen LogP contribution in [-0.2, 0) is 0 Å². The van der Waals surface area contributed by atoms with Crippen LogP contribution >= 0.6 is 11.6 Å². The number of aliphatic hydroxyl groups excluding tert-OH is 1. The van der Waals surface area contributed by atoms with Crippen molar-refractivity contribution >= 4 is 17.3 Å². The van der Waals surface area contributed by atoms with Crippen molar-refractivity contribution in [1.82, 2.24) is 4.90 Å². The monoisotopic (exact) mass is 360 g/mol. The van der Waals surface area contributed by atoms with E-state index in [1.807, 2.05) is 31.2 Å². The molecule has 1 aliphatic heterocycles. The highest BCUT2D eigenvalue weighted by atomic mass is 35.5. The summed E-state index contributed by atoms with van der Waals surface area (Å²) in [4.78, 5) is 4.68. The number of hydrogen-bond donors (Lipinski definition) is 1. The van der Waals surface area contributed by atoms with E-state index in [1.165, 1.54) is 5.69 Å². The molecule has 1 N–H and O–H groups in total. The van der Waals surface area contributed by atoms with Crippen LogP contribution in [0.3, 0.4) is 0 Å². The van der Waals surface area contributed by atoms with Crippen LogP contribution in [0.15, 0.2) is 48.5 Å². The quantitative estimate of drug-likeness (QED) is 0.858. The Bertz CT molecular complexity index is 673. The summed E-state index contributed by atoms with van der Waals surface area (Å²) in [6, 6.07) is 16.0. The Labute approximate surface area is 154 Å². The van der Waals surface area contributed by atoms with Crippen molar-refractivity contribution in [3.05, 3.63) is 59.1 Å². The van der Waals surface area contributed by atoms with Gasteiger partial charge in [0, 0.05) is 43.4 Å². The predicted molar refractivity (Wildman–Crippen MR) is 103 cm³/mol. The zero-order valence-electron chi connectivity index (χ0n) is 14.6. The first-order valence-electron chi connectivity index (χ1n) is 8.71. The molecule has 1 aliphatic rings. The van der Waals surface area contributed by atoms with Gasteiger partial charge in [-0.05, 0) is 42.8 Å². The van der Waals surface area contributed by atoms with Gasteiger partial charge in [0.15, 0.2) is 0 Å². The molecule has 1 saturated heterocycles. The normalized spacial score (nSPS) is 16.7. The highest BCUT2D eigenvalue weighted by molar-refractivity contribution is 6.31. The largest absolute Gasteiger partial charge is 0.491 e. The third-order valence-corrected chi connectivity index (χ3v) is 4.96. The Hall–Kier alpha value is -1.75. The first-order chi connectivity index (χ1) is 12.1. The van der Waals surface area contributed by atoms with E-state index >= 15 is 0 Å². The Balaban J connectivity index is 1.41. The SMILES string of the molecule is Cc1cc(OCC(O)CN2CCN(c3ccccc3)CC2)ccc1Cl.